The fourth-order valence-corrected chi connectivity index (χ4v) is 3.56. The molecule has 0 atom stereocenters. The van der Waals surface area contributed by atoms with Gasteiger partial charge in [0.1, 0.15) is 5.82 Å². The number of alkyl halides is 3. The fraction of sp³-hybridized carbons (Fsp3) is 0.0455. The summed E-state index contributed by atoms with van der Waals surface area (Å²) in [5.74, 6) is -0.492. The van der Waals surface area contributed by atoms with Crippen LogP contribution in [-0.4, -0.2) is 41.1 Å². The number of nitrogens with zero attached hydrogens (tertiary/aromatic N) is 5. The van der Waals surface area contributed by atoms with Crippen molar-refractivity contribution < 1.29 is 18.0 Å². The van der Waals surface area contributed by atoms with Crippen LogP contribution in [0.15, 0.2) is 67.1 Å². The van der Waals surface area contributed by atoms with Crippen molar-refractivity contribution in [1.29, 1.82) is 0 Å². The van der Waals surface area contributed by atoms with E-state index >= 15 is 0 Å². The summed E-state index contributed by atoms with van der Waals surface area (Å²) in [6, 6.07) is 12.1. The Hall–Kier alpha value is -4.45. The van der Waals surface area contributed by atoms with Crippen molar-refractivity contribution in [3.8, 4) is 28.3 Å². The Labute approximate surface area is 200 Å². The number of hydrogen-bond acceptors (Lipinski definition) is 5. The van der Waals surface area contributed by atoms with E-state index in [1.165, 1.54) is 12.1 Å². The van der Waals surface area contributed by atoms with Crippen molar-refractivity contribution in [1.82, 2.24) is 35.2 Å². The van der Waals surface area contributed by atoms with Gasteiger partial charge in [0.2, 0.25) is 0 Å². The summed E-state index contributed by atoms with van der Waals surface area (Å²) in [4.78, 5) is 17.1. The van der Waals surface area contributed by atoms with E-state index in [9.17, 15) is 18.0 Å². The summed E-state index contributed by atoms with van der Waals surface area (Å²) in [7, 11) is 0. The molecule has 1 aromatic carbocycles. The lowest BCUT2D eigenvalue weighted by Gasteiger charge is -2.09. The SMILES string of the molecule is O=C(Nc1cc(-c2ccncc2)nn1-c1cc(C(F)(F)F)n[nH]1)c1ccc(Cl)c(-c2cc[nH]n2)c1. The lowest BCUT2D eigenvalue weighted by atomic mass is 10.1. The van der Waals surface area contributed by atoms with Gasteiger partial charge in [-0.05, 0) is 36.4 Å². The molecule has 13 heteroatoms. The molecule has 0 spiro atoms. The number of halogens is 4. The largest absolute Gasteiger partial charge is 0.435 e. The van der Waals surface area contributed by atoms with Crippen LogP contribution in [0.4, 0.5) is 19.0 Å². The first kappa shape index (κ1) is 22.3. The van der Waals surface area contributed by atoms with E-state index in [0.29, 0.717) is 27.5 Å². The first-order chi connectivity index (χ1) is 16.8. The van der Waals surface area contributed by atoms with Gasteiger partial charge in [0.25, 0.3) is 5.91 Å². The number of hydrogen-bond donors (Lipinski definition) is 3. The van der Waals surface area contributed by atoms with Gasteiger partial charge in [-0.2, -0.15) is 33.1 Å². The highest BCUT2D eigenvalue weighted by atomic mass is 35.5. The second-order valence-corrected chi connectivity index (χ2v) is 7.71. The molecule has 0 bridgehead atoms. The van der Waals surface area contributed by atoms with Gasteiger partial charge >= 0.3 is 6.18 Å². The molecule has 0 saturated carbocycles. The van der Waals surface area contributed by atoms with Gasteiger partial charge in [0, 0.05) is 47.4 Å². The maximum absolute atomic E-state index is 13.1. The molecule has 0 unspecified atom stereocenters. The number of carbonyl (C=O) groups is 1. The number of carbonyl (C=O) groups excluding carboxylic acids is 1. The van der Waals surface area contributed by atoms with Crippen LogP contribution in [0.5, 0.6) is 0 Å². The smallest absolute Gasteiger partial charge is 0.306 e. The molecule has 4 heterocycles. The van der Waals surface area contributed by atoms with Gasteiger partial charge in [0.15, 0.2) is 11.5 Å². The van der Waals surface area contributed by atoms with Crippen LogP contribution in [0.1, 0.15) is 16.1 Å². The maximum Gasteiger partial charge on any atom is 0.435 e. The molecule has 0 aliphatic rings. The fourth-order valence-electron chi connectivity index (χ4n) is 3.34. The van der Waals surface area contributed by atoms with Crippen LogP contribution >= 0.6 is 11.6 Å². The quantitative estimate of drug-likeness (QED) is 0.316. The van der Waals surface area contributed by atoms with Gasteiger partial charge < -0.3 is 5.32 Å². The minimum absolute atomic E-state index is 0.0822. The number of aromatic amines is 2. The molecular weight excluding hydrogens is 485 g/mol. The number of nitrogens with one attached hydrogen (secondary N) is 3. The topological polar surface area (TPSA) is 117 Å². The Morgan fingerprint density at radius 3 is 2.49 bits per heavy atom. The summed E-state index contributed by atoms with van der Waals surface area (Å²) in [5.41, 5.74) is 1.27. The van der Waals surface area contributed by atoms with Gasteiger partial charge in [-0.3, -0.25) is 20.0 Å². The summed E-state index contributed by atoms with van der Waals surface area (Å²) in [6.07, 6.45) is 0.0755. The number of H-pyrrole nitrogens is 2. The molecule has 0 aliphatic heterocycles. The monoisotopic (exact) mass is 498 g/mol. The Morgan fingerprint density at radius 2 is 1.80 bits per heavy atom. The number of pyridine rings is 1. The third-order valence-corrected chi connectivity index (χ3v) is 5.34. The van der Waals surface area contributed by atoms with E-state index < -0.39 is 17.8 Å². The average Bonchev–Trinajstić information content (AvgIpc) is 3.60. The molecule has 4 aromatic heterocycles. The predicted molar refractivity (Wildman–Crippen MR) is 121 cm³/mol. The van der Waals surface area contributed by atoms with E-state index in [2.05, 4.69) is 35.8 Å². The Morgan fingerprint density at radius 1 is 1.00 bits per heavy atom. The Balaban J connectivity index is 1.53. The minimum atomic E-state index is -4.65. The molecule has 5 rings (SSSR count). The van der Waals surface area contributed by atoms with Crippen LogP contribution in [0.25, 0.3) is 28.3 Å². The molecular formula is C22H14ClF3N8O. The highest BCUT2D eigenvalue weighted by Gasteiger charge is 2.34. The van der Waals surface area contributed by atoms with Crippen molar-refractivity contribution in [2.75, 3.05) is 5.32 Å². The number of amides is 1. The summed E-state index contributed by atoms with van der Waals surface area (Å²) in [6.45, 7) is 0. The third-order valence-electron chi connectivity index (χ3n) is 5.02. The highest BCUT2D eigenvalue weighted by Crippen LogP contribution is 2.31. The van der Waals surface area contributed by atoms with Crippen molar-refractivity contribution in [2.45, 2.75) is 6.18 Å². The molecule has 5 aromatic rings. The van der Waals surface area contributed by atoms with Gasteiger partial charge in [-0.1, -0.05) is 11.6 Å². The summed E-state index contributed by atoms with van der Waals surface area (Å²) >= 11 is 6.26. The van der Waals surface area contributed by atoms with Crippen LogP contribution in [0.2, 0.25) is 5.02 Å². The Kier molecular flexibility index (Phi) is 5.57. The molecule has 176 valence electrons. The lowest BCUT2D eigenvalue weighted by molar-refractivity contribution is -0.141. The van der Waals surface area contributed by atoms with E-state index in [4.69, 9.17) is 11.6 Å². The van der Waals surface area contributed by atoms with Crippen LogP contribution in [0.3, 0.4) is 0 Å². The molecule has 1 amide bonds. The van der Waals surface area contributed by atoms with Crippen molar-refractivity contribution in [3.05, 3.63) is 83.4 Å². The zero-order valence-electron chi connectivity index (χ0n) is 17.5. The first-order valence-corrected chi connectivity index (χ1v) is 10.4. The zero-order valence-corrected chi connectivity index (χ0v) is 18.3. The third kappa shape index (κ3) is 4.51. The Bertz CT molecular complexity index is 1490. The number of anilines is 1. The number of rotatable bonds is 5. The van der Waals surface area contributed by atoms with Crippen molar-refractivity contribution >= 4 is 23.3 Å². The lowest BCUT2D eigenvalue weighted by Crippen LogP contribution is -2.15. The van der Waals surface area contributed by atoms with Crippen molar-refractivity contribution in [3.63, 3.8) is 0 Å². The van der Waals surface area contributed by atoms with E-state index in [1.54, 1.807) is 48.9 Å². The molecule has 0 saturated heterocycles. The molecule has 0 fully saturated rings. The van der Waals surface area contributed by atoms with Crippen molar-refractivity contribution in [2.24, 2.45) is 0 Å². The van der Waals surface area contributed by atoms with E-state index in [0.717, 1.165) is 10.7 Å². The normalized spacial score (nSPS) is 11.5. The zero-order chi connectivity index (χ0) is 24.6. The summed E-state index contributed by atoms with van der Waals surface area (Å²) < 4.78 is 40.4. The summed E-state index contributed by atoms with van der Waals surface area (Å²) in [5, 5.41) is 19.9. The molecule has 3 N–H and O–H groups in total. The number of benzene rings is 1. The van der Waals surface area contributed by atoms with Crippen LogP contribution in [-0.2, 0) is 6.18 Å². The average molecular weight is 499 g/mol. The molecule has 35 heavy (non-hydrogen) atoms. The second kappa shape index (κ2) is 8.72. The maximum atomic E-state index is 13.1. The molecule has 9 nitrogen and oxygen atoms in total. The van der Waals surface area contributed by atoms with E-state index in [-0.39, 0.29) is 17.2 Å². The van der Waals surface area contributed by atoms with Gasteiger partial charge in [-0.15, -0.1) is 0 Å². The minimum Gasteiger partial charge on any atom is -0.306 e. The molecule has 0 radical (unpaired) electrons. The van der Waals surface area contributed by atoms with E-state index in [1.807, 2.05) is 0 Å². The highest BCUT2D eigenvalue weighted by molar-refractivity contribution is 6.33. The van der Waals surface area contributed by atoms with Crippen LogP contribution in [0, 0.1) is 0 Å². The standard InChI is InChI=1S/C22H14ClF3N8O/c23-15-2-1-13(9-14(15)16-5-8-28-30-16)21(35)29-19-10-17(12-3-6-27-7-4-12)33-34(19)20-11-18(31-32-20)22(24,25)26/h1-11H,(H,28,30)(H,29,35)(H,31,32). The second-order valence-electron chi connectivity index (χ2n) is 7.31. The van der Waals surface area contributed by atoms with Gasteiger partial charge in [0.05, 0.1) is 16.4 Å². The first-order valence-electron chi connectivity index (χ1n) is 10.0. The van der Waals surface area contributed by atoms with Gasteiger partial charge in [-0.25, -0.2) is 0 Å². The van der Waals surface area contributed by atoms with Crippen LogP contribution < -0.4 is 5.32 Å². The predicted octanol–water partition coefficient (Wildman–Crippen LogP) is 4.97. The number of aromatic nitrogens is 7. The molecule has 0 aliphatic carbocycles.